The van der Waals surface area contributed by atoms with Crippen LogP contribution >= 0.6 is 0 Å². The predicted molar refractivity (Wildman–Crippen MR) is 198 cm³/mol. The van der Waals surface area contributed by atoms with Gasteiger partial charge in [-0.3, -0.25) is 4.98 Å². The van der Waals surface area contributed by atoms with E-state index in [9.17, 15) is 0 Å². The van der Waals surface area contributed by atoms with Gasteiger partial charge >= 0.3 is 0 Å². The number of nitrogens with zero attached hydrogens (tertiary/aromatic N) is 2. The van der Waals surface area contributed by atoms with Crippen LogP contribution in [0.15, 0.2) is 182 Å². The normalized spacial score (nSPS) is 11.4. The van der Waals surface area contributed by atoms with Crippen LogP contribution in [0.3, 0.4) is 0 Å². The third-order valence-corrected chi connectivity index (χ3v) is 9.27. The van der Waals surface area contributed by atoms with Crippen molar-refractivity contribution in [3.63, 3.8) is 0 Å². The highest BCUT2D eigenvalue weighted by Crippen LogP contribution is 2.46. The van der Waals surface area contributed by atoms with Gasteiger partial charge in [0.2, 0.25) is 0 Å². The topological polar surface area (TPSA) is 17.8 Å². The highest BCUT2D eigenvalue weighted by atomic mass is 15.0. The molecule has 9 rings (SSSR count). The summed E-state index contributed by atoms with van der Waals surface area (Å²) >= 11 is 0. The van der Waals surface area contributed by atoms with E-state index in [0.717, 1.165) is 28.3 Å². The Bertz CT molecular complexity index is 2480. The maximum Gasteiger partial charge on any atom is 0.0714 e. The van der Waals surface area contributed by atoms with Crippen molar-refractivity contribution >= 4 is 32.3 Å². The van der Waals surface area contributed by atoms with Crippen LogP contribution in [0, 0.1) is 0 Å². The molecule has 0 aliphatic carbocycles. The Morgan fingerprint density at radius 1 is 0.383 bits per heavy atom. The van der Waals surface area contributed by atoms with E-state index in [1.54, 1.807) is 0 Å². The molecule has 0 aliphatic rings. The quantitative estimate of drug-likeness (QED) is 0.180. The minimum Gasteiger partial charge on any atom is -0.309 e. The molecule has 47 heavy (non-hydrogen) atoms. The minimum absolute atomic E-state index is 0.974. The summed E-state index contributed by atoms with van der Waals surface area (Å²) in [4.78, 5) is 4.88. The molecule has 2 nitrogen and oxygen atoms in total. The SMILES string of the molecule is c1ccc(-c2ccc(-c3ccccc3)n2-c2ccc3c(-c4ccccn4)c4ccccc4c(-c4cccc5ccccc45)c3c2)cc1. The van der Waals surface area contributed by atoms with Crippen molar-refractivity contribution in [1.29, 1.82) is 0 Å². The molecule has 2 heteroatoms. The van der Waals surface area contributed by atoms with Gasteiger partial charge in [0, 0.05) is 17.4 Å². The number of rotatable bonds is 5. The average molecular weight is 599 g/mol. The first-order valence-electron chi connectivity index (χ1n) is 16.1. The van der Waals surface area contributed by atoms with E-state index in [4.69, 9.17) is 4.98 Å². The number of hydrogen-bond acceptors (Lipinski definition) is 1. The van der Waals surface area contributed by atoms with E-state index in [0.29, 0.717) is 0 Å². The fourth-order valence-electron chi connectivity index (χ4n) is 7.21. The Morgan fingerprint density at radius 3 is 1.64 bits per heavy atom. The molecule has 0 saturated carbocycles. The van der Waals surface area contributed by atoms with Crippen LogP contribution in [0.1, 0.15) is 0 Å². The van der Waals surface area contributed by atoms with Crippen LogP contribution in [0.2, 0.25) is 0 Å². The molecule has 220 valence electrons. The van der Waals surface area contributed by atoms with E-state index >= 15 is 0 Å². The molecule has 9 aromatic rings. The molecule has 0 atom stereocenters. The first-order chi connectivity index (χ1) is 23.3. The lowest BCUT2D eigenvalue weighted by atomic mass is 9.85. The van der Waals surface area contributed by atoms with Gasteiger partial charge in [-0.2, -0.15) is 0 Å². The molecule has 2 aromatic heterocycles. The van der Waals surface area contributed by atoms with E-state index in [1.165, 1.54) is 54.6 Å². The van der Waals surface area contributed by atoms with Crippen LogP contribution < -0.4 is 0 Å². The first-order valence-corrected chi connectivity index (χ1v) is 16.1. The standard InChI is InChI=1S/C45H30N2/c1-3-15-32(16-4-1)42-27-28-43(33-17-5-2-6-18-33)47(42)34-25-26-39-40(30-34)44(36-23-13-19-31-14-7-8-20-35(31)36)37-21-9-10-22-38(37)45(39)41-24-11-12-29-46-41/h1-30H. The Labute approximate surface area is 273 Å². The Kier molecular flexibility index (Phi) is 6.50. The van der Waals surface area contributed by atoms with Crippen molar-refractivity contribution in [3.8, 4) is 50.6 Å². The number of pyridine rings is 1. The summed E-state index contributed by atoms with van der Waals surface area (Å²) in [7, 11) is 0. The highest BCUT2D eigenvalue weighted by Gasteiger charge is 2.21. The smallest absolute Gasteiger partial charge is 0.0714 e. The third-order valence-electron chi connectivity index (χ3n) is 9.27. The summed E-state index contributed by atoms with van der Waals surface area (Å²) in [5.74, 6) is 0. The minimum atomic E-state index is 0.974. The van der Waals surface area contributed by atoms with Crippen molar-refractivity contribution in [2.24, 2.45) is 0 Å². The van der Waals surface area contributed by atoms with E-state index in [2.05, 4.69) is 174 Å². The number of aromatic nitrogens is 2. The third kappa shape index (κ3) is 4.54. The Hall–Kier alpha value is -6.25. The van der Waals surface area contributed by atoms with Gasteiger partial charge in [0.15, 0.2) is 0 Å². The summed E-state index contributed by atoms with van der Waals surface area (Å²) in [5.41, 5.74) is 10.4. The molecule has 0 saturated heterocycles. The van der Waals surface area contributed by atoms with Crippen LogP contribution in [-0.4, -0.2) is 9.55 Å². The van der Waals surface area contributed by atoms with Gasteiger partial charge in [-0.1, -0.05) is 140 Å². The number of benzene rings is 7. The van der Waals surface area contributed by atoms with E-state index in [-0.39, 0.29) is 0 Å². The number of hydrogen-bond donors (Lipinski definition) is 0. The largest absolute Gasteiger partial charge is 0.309 e. The van der Waals surface area contributed by atoms with Crippen LogP contribution in [0.25, 0.3) is 82.9 Å². The van der Waals surface area contributed by atoms with Gasteiger partial charge < -0.3 is 4.57 Å². The summed E-state index contributed by atoms with van der Waals surface area (Å²) in [5, 5.41) is 7.27. The molecule has 7 aromatic carbocycles. The summed E-state index contributed by atoms with van der Waals surface area (Å²) in [6, 6.07) is 63.2. The number of fused-ring (bicyclic) bond motifs is 3. The molecular weight excluding hydrogens is 569 g/mol. The van der Waals surface area contributed by atoms with Crippen molar-refractivity contribution < 1.29 is 0 Å². The molecular formula is C45H30N2. The van der Waals surface area contributed by atoms with Gasteiger partial charge in [0.25, 0.3) is 0 Å². The monoisotopic (exact) mass is 598 g/mol. The first kappa shape index (κ1) is 27.1. The molecule has 0 fully saturated rings. The summed E-state index contributed by atoms with van der Waals surface area (Å²) in [6.45, 7) is 0. The molecule has 0 aliphatic heterocycles. The van der Waals surface area contributed by atoms with Gasteiger partial charge in [0.1, 0.15) is 0 Å². The van der Waals surface area contributed by atoms with Gasteiger partial charge in [-0.15, -0.1) is 0 Å². The summed E-state index contributed by atoms with van der Waals surface area (Å²) < 4.78 is 2.41. The molecule has 0 spiro atoms. The molecule has 0 unspecified atom stereocenters. The summed E-state index contributed by atoms with van der Waals surface area (Å²) in [6.07, 6.45) is 1.89. The molecule has 2 heterocycles. The Balaban J connectivity index is 1.43. The van der Waals surface area contributed by atoms with Gasteiger partial charge in [-0.25, -0.2) is 0 Å². The zero-order valence-electron chi connectivity index (χ0n) is 25.7. The van der Waals surface area contributed by atoms with Crippen molar-refractivity contribution in [2.45, 2.75) is 0 Å². The molecule has 0 bridgehead atoms. The van der Waals surface area contributed by atoms with Crippen LogP contribution in [-0.2, 0) is 0 Å². The Morgan fingerprint density at radius 2 is 0.957 bits per heavy atom. The van der Waals surface area contributed by atoms with Gasteiger partial charge in [-0.05, 0) is 91.0 Å². The lowest BCUT2D eigenvalue weighted by Crippen LogP contribution is -2.00. The van der Waals surface area contributed by atoms with Gasteiger partial charge in [0.05, 0.1) is 17.1 Å². The van der Waals surface area contributed by atoms with Crippen LogP contribution in [0.5, 0.6) is 0 Å². The van der Waals surface area contributed by atoms with E-state index in [1.807, 2.05) is 12.3 Å². The fraction of sp³-hybridized carbons (Fsp3) is 0. The zero-order valence-corrected chi connectivity index (χ0v) is 25.7. The van der Waals surface area contributed by atoms with Crippen molar-refractivity contribution in [2.75, 3.05) is 0 Å². The predicted octanol–water partition coefficient (Wildman–Crippen LogP) is 12.0. The van der Waals surface area contributed by atoms with Crippen LogP contribution in [0.4, 0.5) is 0 Å². The average Bonchev–Trinajstić information content (AvgIpc) is 3.60. The lowest BCUT2D eigenvalue weighted by Gasteiger charge is -2.20. The second-order valence-electron chi connectivity index (χ2n) is 11.9. The molecule has 0 amide bonds. The maximum atomic E-state index is 4.88. The second kappa shape index (κ2) is 11.3. The van der Waals surface area contributed by atoms with Crippen molar-refractivity contribution in [3.05, 3.63) is 182 Å². The maximum absolute atomic E-state index is 4.88. The second-order valence-corrected chi connectivity index (χ2v) is 11.9. The molecule has 0 radical (unpaired) electrons. The fourth-order valence-corrected chi connectivity index (χ4v) is 7.21. The lowest BCUT2D eigenvalue weighted by molar-refractivity contribution is 1.10. The molecule has 0 N–H and O–H groups in total. The van der Waals surface area contributed by atoms with Crippen molar-refractivity contribution in [1.82, 2.24) is 9.55 Å². The highest BCUT2D eigenvalue weighted by molar-refractivity contribution is 6.23. The zero-order chi connectivity index (χ0) is 31.2. The van der Waals surface area contributed by atoms with E-state index < -0.39 is 0 Å².